The molecule has 1 aromatic carbocycles. The number of Topliss-reactive ketones (excluding diaryl/α,β-unsaturated/α-hetero) is 1. The number of hydrogen-bond donors (Lipinski definition) is 0. The van der Waals surface area contributed by atoms with E-state index in [0.29, 0.717) is 6.42 Å². The second-order valence-electron chi connectivity index (χ2n) is 4.86. The maximum absolute atomic E-state index is 12.8. The summed E-state index contributed by atoms with van der Waals surface area (Å²) in [4.78, 5) is 14.8. The number of nitrogens with zero attached hydrogens (tertiary/aromatic N) is 1. The molecule has 19 heavy (non-hydrogen) atoms. The highest BCUT2D eigenvalue weighted by Crippen LogP contribution is 2.29. The zero-order valence-electron chi connectivity index (χ0n) is 11.6. The summed E-state index contributed by atoms with van der Waals surface area (Å²) in [5.41, 5.74) is 0.110. The molecular weight excluding hydrogens is 238 g/mol. The van der Waals surface area contributed by atoms with Crippen LogP contribution in [-0.4, -0.2) is 37.4 Å². The van der Waals surface area contributed by atoms with Gasteiger partial charge >= 0.3 is 0 Å². The Labute approximate surface area is 114 Å². The molecule has 0 spiro atoms. The molecule has 0 N–H and O–H groups in total. The van der Waals surface area contributed by atoms with Gasteiger partial charge in [-0.25, -0.2) is 0 Å². The van der Waals surface area contributed by atoms with Crippen LogP contribution >= 0.6 is 0 Å². The number of hydrogen-bond acceptors (Lipinski definition) is 3. The minimum absolute atomic E-state index is 0.112. The van der Waals surface area contributed by atoms with Crippen molar-refractivity contribution in [3.63, 3.8) is 0 Å². The number of carbonyl (C=O) groups is 1. The summed E-state index contributed by atoms with van der Waals surface area (Å²) in [5, 5.41) is 0. The summed E-state index contributed by atoms with van der Waals surface area (Å²) in [6, 6.07) is 9.41. The first-order chi connectivity index (χ1) is 9.10. The van der Waals surface area contributed by atoms with Gasteiger partial charge in [0.25, 0.3) is 0 Å². The summed E-state index contributed by atoms with van der Waals surface area (Å²) in [7, 11) is 5.49. The topological polar surface area (TPSA) is 29.5 Å². The lowest BCUT2D eigenvalue weighted by Crippen LogP contribution is -2.50. The number of ketones is 1. The van der Waals surface area contributed by atoms with E-state index in [-0.39, 0.29) is 5.78 Å². The molecule has 0 heterocycles. The molecule has 2 rings (SSSR count). The predicted octanol–water partition coefficient (Wildman–Crippen LogP) is 2.66. The molecule has 3 heteroatoms. The van der Waals surface area contributed by atoms with Crippen LogP contribution in [0.3, 0.4) is 0 Å². The van der Waals surface area contributed by atoms with E-state index in [9.17, 15) is 4.79 Å². The van der Waals surface area contributed by atoms with Crippen molar-refractivity contribution in [1.29, 1.82) is 0 Å². The number of benzene rings is 1. The zero-order valence-corrected chi connectivity index (χ0v) is 11.6. The van der Waals surface area contributed by atoms with Gasteiger partial charge in [0.05, 0.1) is 7.11 Å². The predicted molar refractivity (Wildman–Crippen MR) is 76.0 cm³/mol. The highest BCUT2D eigenvalue weighted by atomic mass is 16.5. The molecule has 0 radical (unpaired) electrons. The van der Waals surface area contributed by atoms with Crippen LogP contribution in [0.25, 0.3) is 0 Å². The summed E-state index contributed by atoms with van der Waals surface area (Å²) in [6.45, 7) is 0. The Morgan fingerprint density at radius 2 is 1.95 bits per heavy atom. The molecule has 0 amide bonds. The molecule has 0 saturated carbocycles. The lowest BCUT2D eigenvalue weighted by atomic mass is 9.82. The van der Waals surface area contributed by atoms with Gasteiger partial charge < -0.3 is 4.74 Å². The second kappa shape index (κ2) is 5.41. The Morgan fingerprint density at radius 1 is 1.26 bits per heavy atom. The third-order valence-electron chi connectivity index (χ3n) is 3.60. The van der Waals surface area contributed by atoms with Crippen LogP contribution in [-0.2, 0) is 4.74 Å². The van der Waals surface area contributed by atoms with Crippen molar-refractivity contribution in [2.24, 2.45) is 0 Å². The Hall–Kier alpha value is -1.87. The van der Waals surface area contributed by atoms with E-state index in [2.05, 4.69) is 0 Å². The van der Waals surface area contributed by atoms with Crippen LogP contribution in [0.15, 0.2) is 54.3 Å². The quantitative estimate of drug-likeness (QED) is 0.777. The van der Waals surface area contributed by atoms with Gasteiger partial charge in [-0.2, -0.15) is 0 Å². The third-order valence-corrected chi connectivity index (χ3v) is 3.60. The Balaban J connectivity index is 2.36. The largest absolute Gasteiger partial charge is 0.497 e. The number of allylic oxidation sites excluding steroid dienone is 1. The molecule has 100 valence electrons. The lowest BCUT2D eigenvalue weighted by molar-refractivity contribution is 0.0772. The Kier molecular flexibility index (Phi) is 3.86. The van der Waals surface area contributed by atoms with E-state index in [1.165, 1.54) is 0 Å². The van der Waals surface area contributed by atoms with E-state index in [1.54, 1.807) is 7.11 Å². The van der Waals surface area contributed by atoms with Gasteiger partial charge in [-0.1, -0.05) is 36.4 Å². The van der Waals surface area contributed by atoms with Gasteiger partial charge in [0.2, 0.25) is 0 Å². The van der Waals surface area contributed by atoms with Crippen molar-refractivity contribution in [1.82, 2.24) is 4.90 Å². The molecule has 1 aromatic rings. The molecular formula is C16H19NO2. The van der Waals surface area contributed by atoms with E-state index >= 15 is 0 Å². The van der Waals surface area contributed by atoms with Gasteiger partial charge in [0.1, 0.15) is 11.3 Å². The van der Waals surface area contributed by atoms with E-state index < -0.39 is 5.54 Å². The standard InChI is InChI=1S/C16H19NO2/c1-17(2)16(11-9-14(19-3)10-12-16)15(18)13-7-5-4-6-8-13/h4-11H,12H2,1-3H3. The number of rotatable bonds is 4. The summed E-state index contributed by atoms with van der Waals surface area (Å²) in [5.74, 6) is 0.916. The van der Waals surface area contributed by atoms with Crippen LogP contribution in [0.2, 0.25) is 0 Å². The Bertz CT molecular complexity index is 517. The normalized spacial score (nSPS) is 22.2. The summed E-state index contributed by atoms with van der Waals surface area (Å²) < 4.78 is 5.19. The third kappa shape index (κ3) is 2.47. The van der Waals surface area contributed by atoms with Crippen molar-refractivity contribution in [3.05, 3.63) is 59.9 Å². The molecule has 1 aliphatic carbocycles. The van der Waals surface area contributed by atoms with Gasteiger partial charge in [-0.05, 0) is 32.7 Å². The van der Waals surface area contributed by atoms with Gasteiger partial charge in [0.15, 0.2) is 5.78 Å². The molecule has 1 aliphatic rings. The maximum Gasteiger partial charge on any atom is 0.187 e. The first-order valence-corrected chi connectivity index (χ1v) is 6.31. The van der Waals surface area contributed by atoms with Crippen molar-refractivity contribution in [2.75, 3.05) is 21.2 Å². The summed E-state index contributed by atoms with van der Waals surface area (Å²) in [6.07, 6.45) is 6.37. The smallest absolute Gasteiger partial charge is 0.187 e. The average Bonchev–Trinajstić information content (AvgIpc) is 2.47. The summed E-state index contributed by atoms with van der Waals surface area (Å²) >= 11 is 0. The highest BCUT2D eigenvalue weighted by Gasteiger charge is 2.39. The van der Waals surface area contributed by atoms with Crippen molar-refractivity contribution < 1.29 is 9.53 Å². The first kappa shape index (κ1) is 13.6. The van der Waals surface area contributed by atoms with Gasteiger partial charge in [-0.3, -0.25) is 9.69 Å². The lowest BCUT2D eigenvalue weighted by Gasteiger charge is -2.37. The average molecular weight is 257 g/mol. The number of carbonyl (C=O) groups excluding carboxylic acids is 1. The van der Waals surface area contributed by atoms with E-state index in [1.807, 2.05) is 67.6 Å². The van der Waals surface area contributed by atoms with Crippen LogP contribution in [0.1, 0.15) is 16.8 Å². The highest BCUT2D eigenvalue weighted by molar-refractivity contribution is 6.05. The SMILES string of the molecule is COC1=CCC(C(=O)c2ccccc2)(N(C)C)C=C1. The Morgan fingerprint density at radius 3 is 2.42 bits per heavy atom. The van der Waals surface area contributed by atoms with Gasteiger partial charge in [0, 0.05) is 5.56 Å². The van der Waals surface area contributed by atoms with Crippen LogP contribution in [0, 0.1) is 0 Å². The minimum atomic E-state index is -0.622. The van der Waals surface area contributed by atoms with Crippen molar-refractivity contribution >= 4 is 5.78 Å². The van der Waals surface area contributed by atoms with Crippen LogP contribution in [0.4, 0.5) is 0 Å². The number of ether oxygens (including phenoxy) is 1. The monoisotopic (exact) mass is 257 g/mol. The van der Waals surface area contributed by atoms with Gasteiger partial charge in [-0.15, -0.1) is 0 Å². The van der Waals surface area contributed by atoms with E-state index in [0.717, 1.165) is 11.3 Å². The molecule has 0 fully saturated rings. The zero-order chi connectivity index (χ0) is 13.9. The number of likely N-dealkylation sites (N-methyl/N-ethyl adjacent to an activating group) is 1. The van der Waals surface area contributed by atoms with Crippen molar-refractivity contribution in [2.45, 2.75) is 12.0 Å². The number of methoxy groups -OCH3 is 1. The molecule has 0 bridgehead atoms. The fourth-order valence-electron chi connectivity index (χ4n) is 2.31. The first-order valence-electron chi connectivity index (χ1n) is 6.31. The minimum Gasteiger partial charge on any atom is -0.497 e. The molecule has 1 atom stereocenters. The molecule has 3 nitrogen and oxygen atoms in total. The molecule has 1 unspecified atom stereocenters. The second-order valence-corrected chi connectivity index (χ2v) is 4.86. The molecule has 0 saturated heterocycles. The van der Waals surface area contributed by atoms with Crippen LogP contribution < -0.4 is 0 Å². The fraction of sp³-hybridized carbons (Fsp3) is 0.312. The van der Waals surface area contributed by atoms with Crippen molar-refractivity contribution in [3.8, 4) is 0 Å². The molecule has 0 aromatic heterocycles. The molecule has 0 aliphatic heterocycles. The van der Waals surface area contributed by atoms with Crippen LogP contribution in [0.5, 0.6) is 0 Å². The van der Waals surface area contributed by atoms with E-state index in [4.69, 9.17) is 4.74 Å². The maximum atomic E-state index is 12.8. The fourth-order valence-corrected chi connectivity index (χ4v) is 2.31.